The molecule has 19 heavy (non-hydrogen) atoms. The summed E-state index contributed by atoms with van der Waals surface area (Å²) >= 11 is 0. The fourth-order valence-electron chi connectivity index (χ4n) is 1.92. The maximum Gasteiger partial charge on any atom is 0.278 e. The molecule has 0 radical (unpaired) electrons. The molecule has 0 amide bonds. The Bertz CT molecular complexity index is 565. The Kier molecular flexibility index (Phi) is 4.25. The summed E-state index contributed by atoms with van der Waals surface area (Å²) < 4.78 is 0. The number of nitro groups is 1. The number of rotatable bonds is 6. The van der Waals surface area contributed by atoms with Gasteiger partial charge < -0.3 is 10.3 Å². The molecule has 1 aromatic carbocycles. The SMILES string of the molecule is CNCCCc1ncc(-c2ccccc2[N+](=O)[O-])[nH]1. The van der Waals surface area contributed by atoms with Crippen LogP contribution in [-0.2, 0) is 6.42 Å². The van der Waals surface area contributed by atoms with Crippen molar-refractivity contribution < 1.29 is 4.92 Å². The highest BCUT2D eigenvalue weighted by atomic mass is 16.6. The number of aromatic amines is 1. The van der Waals surface area contributed by atoms with Gasteiger partial charge in [0.15, 0.2) is 0 Å². The van der Waals surface area contributed by atoms with Gasteiger partial charge in [0.2, 0.25) is 0 Å². The molecular formula is C13H16N4O2. The van der Waals surface area contributed by atoms with Gasteiger partial charge in [-0.15, -0.1) is 0 Å². The van der Waals surface area contributed by atoms with E-state index in [1.165, 1.54) is 6.07 Å². The number of benzene rings is 1. The highest BCUT2D eigenvalue weighted by Gasteiger charge is 2.15. The van der Waals surface area contributed by atoms with Gasteiger partial charge in [0.1, 0.15) is 5.82 Å². The quantitative estimate of drug-likeness (QED) is 0.473. The molecule has 1 aromatic heterocycles. The zero-order valence-electron chi connectivity index (χ0n) is 10.7. The van der Waals surface area contributed by atoms with Gasteiger partial charge in [0.05, 0.1) is 22.4 Å². The van der Waals surface area contributed by atoms with Crippen molar-refractivity contribution in [2.45, 2.75) is 12.8 Å². The number of nitrogens with zero attached hydrogens (tertiary/aromatic N) is 2. The van der Waals surface area contributed by atoms with E-state index in [2.05, 4.69) is 15.3 Å². The van der Waals surface area contributed by atoms with Gasteiger partial charge in [-0.2, -0.15) is 0 Å². The number of aromatic nitrogens is 2. The summed E-state index contributed by atoms with van der Waals surface area (Å²) in [4.78, 5) is 18.0. The Morgan fingerprint density at radius 3 is 2.95 bits per heavy atom. The molecule has 0 atom stereocenters. The molecule has 2 rings (SSSR count). The first kappa shape index (κ1) is 13.2. The number of imidazole rings is 1. The summed E-state index contributed by atoms with van der Waals surface area (Å²) in [6, 6.07) is 6.66. The largest absolute Gasteiger partial charge is 0.342 e. The van der Waals surface area contributed by atoms with Crippen molar-refractivity contribution in [3.63, 3.8) is 0 Å². The summed E-state index contributed by atoms with van der Waals surface area (Å²) in [7, 11) is 1.90. The van der Waals surface area contributed by atoms with Crippen molar-refractivity contribution in [1.29, 1.82) is 0 Å². The molecule has 0 saturated carbocycles. The smallest absolute Gasteiger partial charge is 0.278 e. The molecule has 6 nitrogen and oxygen atoms in total. The first-order valence-corrected chi connectivity index (χ1v) is 6.14. The minimum Gasteiger partial charge on any atom is -0.342 e. The molecule has 1 heterocycles. The Morgan fingerprint density at radius 1 is 1.42 bits per heavy atom. The highest BCUT2D eigenvalue weighted by Crippen LogP contribution is 2.27. The van der Waals surface area contributed by atoms with Crippen LogP contribution >= 0.6 is 0 Å². The van der Waals surface area contributed by atoms with Crippen LogP contribution in [0, 0.1) is 10.1 Å². The van der Waals surface area contributed by atoms with E-state index in [0.717, 1.165) is 25.2 Å². The summed E-state index contributed by atoms with van der Waals surface area (Å²) in [6.45, 7) is 0.918. The molecule has 0 bridgehead atoms. The maximum atomic E-state index is 11.0. The zero-order chi connectivity index (χ0) is 13.7. The summed E-state index contributed by atoms with van der Waals surface area (Å²) in [5, 5.41) is 14.0. The van der Waals surface area contributed by atoms with Gasteiger partial charge in [-0.1, -0.05) is 12.1 Å². The molecule has 2 N–H and O–H groups in total. The average molecular weight is 260 g/mol. The Labute approximate surface area is 111 Å². The van der Waals surface area contributed by atoms with E-state index in [0.29, 0.717) is 11.3 Å². The summed E-state index contributed by atoms with van der Waals surface area (Å²) in [5.74, 6) is 0.850. The van der Waals surface area contributed by atoms with E-state index < -0.39 is 0 Å². The van der Waals surface area contributed by atoms with Crippen LogP contribution < -0.4 is 5.32 Å². The lowest BCUT2D eigenvalue weighted by Gasteiger charge is -2.00. The molecule has 0 unspecified atom stereocenters. The van der Waals surface area contributed by atoms with Crippen LogP contribution in [0.5, 0.6) is 0 Å². The number of aryl methyl sites for hydroxylation is 1. The van der Waals surface area contributed by atoms with Gasteiger partial charge >= 0.3 is 0 Å². The first-order valence-electron chi connectivity index (χ1n) is 6.14. The second-order valence-electron chi connectivity index (χ2n) is 4.22. The predicted octanol–water partition coefficient (Wildman–Crippen LogP) is 2.14. The van der Waals surface area contributed by atoms with E-state index in [1.807, 2.05) is 7.05 Å². The number of hydrogen-bond acceptors (Lipinski definition) is 4. The third-order valence-corrected chi connectivity index (χ3v) is 2.86. The molecule has 2 aromatic rings. The molecule has 0 saturated heterocycles. The average Bonchev–Trinajstić information content (AvgIpc) is 2.88. The van der Waals surface area contributed by atoms with Gasteiger partial charge in [-0.25, -0.2) is 4.98 Å². The fourth-order valence-corrected chi connectivity index (χ4v) is 1.92. The van der Waals surface area contributed by atoms with E-state index in [4.69, 9.17) is 0 Å². The van der Waals surface area contributed by atoms with Crippen molar-refractivity contribution in [2.75, 3.05) is 13.6 Å². The zero-order valence-corrected chi connectivity index (χ0v) is 10.7. The molecule has 0 spiro atoms. The lowest BCUT2D eigenvalue weighted by molar-refractivity contribution is -0.384. The molecule has 0 aliphatic heterocycles. The van der Waals surface area contributed by atoms with E-state index in [1.54, 1.807) is 24.4 Å². The molecule has 100 valence electrons. The monoisotopic (exact) mass is 260 g/mol. The van der Waals surface area contributed by atoms with E-state index in [9.17, 15) is 10.1 Å². The number of para-hydroxylation sites is 1. The van der Waals surface area contributed by atoms with Gasteiger partial charge in [-0.3, -0.25) is 10.1 Å². The van der Waals surface area contributed by atoms with Crippen LogP contribution in [-0.4, -0.2) is 28.5 Å². The van der Waals surface area contributed by atoms with Crippen LogP contribution in [0.25, 0.3) is 11.3 Å². The minimum atomic E-state index is -0.378. The minimum absolute atomic E-state index is 0.0907. The molecule has 0 aliphatic rings. The van der Waals surface area contributed by atoms with Crippen molar-refractivity contribution >= 4 is 5.69 Å². The van der Waals surface area contributed by atoms with Crippen LogP contribution in [0.4, 0.5) is 5.69 Å². The third-order valence-electron chi connectivity index (χ3n) is 2.86. The molecule has 6 heteroatoms. The van der Waals surface area contributed by atoms with Crippen molar-refractivity contribution in [1.82, 2.24) is 15.3 Å². The number of nitro benzene ring substituents is 1. The molecule has 0 aliphatic carbocycles. The van der Waals surface area contributed by atoms with Gasteiger partial charge in [-0.05, 0) is 26.1 Å². The lowest BCUT2D eigenvalue weighted by Crippen LogP contribution is -2.08. The summed E-state index contributed by atoms with van der Waals surface area (Å²) in [6.07, 6.45) is 3.44. The van der Waals surface area contributed by atoms with Crippen molar-refractivity contribution in [3.05, 3.63) is 46.4 Å². The topological polar surface area (TPSA) is 83.8 Å². The van der Waals surface area contributed by atoms with E-state index in [-0.39, 0.29) is 10.6 Å². The van der Waals surface area contributed by atoms with Crippen LogP contribution in [0.15, 0.2) is 30.5 Å². The lowest BCUT2D eigenvalue weighted by atomic mass is 10.1. The Balaban J connectivity index is 2.21. The Morgan fingerprint density at radius 2 is 2.21 bits per heavy atom. The molecular weight excluding hydrogens is 244 g/mol. The predicted molar refractivity (Wildman–Crippen MR) is 72.9 cm³/mol. The van der Waals surface area contributed by atoms with Gasteiger partial charge in [0, 0.05) is 12.5 Å². The van der Waals surface area contributed by atoms with Crippen molar-refractivity contribution in [2.24, 2.45) is 0 Å². The standard InChI is InChI=1S/C13H16N4O2/c1-14-8-4-7-13-15-9-11(16-13)10-5-2-3-6-12(10)17(18)19/h2-3,5-6,9,14H,4,7-8H2,1H3,(H,15,16). The third kappa shape index (κ3) is 3.17. The summed E-state index contributed by atoms with van der Waals surface area (Å²) in [5.41, 5.74) is 1.35. The number of nitrogens with one attached hydrogen (secondary N) is 2. The van der Waals surface area contributed by atoms with Gasteiger partial charge in [0.25, 0.3) is 5.69 Å². The second-order valence-corrected chi connectivity index (χ2v) is 4.22. The second kappa shape index (κ2) is 6.10. The molecule has 0 fully saturated rings. The maximum absolute atomic E-state index is 11.0. The van der Waals surface area contributed by atoms with Crippen LogP contribution in [0.1, 0.15) is 12.2 Å². The fraction of sp³-hybridized carbons (Fsp3) is 0.308. The highest BCUT2D eigenvalue weighted by molar-refractivity contribution is 5.70. The number of H-pyrrole nitrogens is 1. The normalized spacial score (nSPS) is 10.6. The van der Waals surface area contributed by atoms with Crippen molar-refractivity contribution in [3.8, 4) is 11.3 Å². The first-order chi connectivity index (χ1) is 9.22. The van der Waals surface area contributed by atoms with Crippen LogP contribution in [0.2, 0.25) is 0 Å². The number of hydrogen-bond donors (Lipinski definition) is 2. The van der Waals surface area contributed by atoms with Crippen LogP contribution in [0.3, 0.4) is 0 Å². The Hall–Kier alpha value is -2.21. The van der Waals surface area contributed by atoms with E-state index >= 15 is 0 Å².